The largest absolute Gasteiger partial charge is 0.481 e. The molecule has 2 aromatic carbocycles. The van der Waals surface area contributed by atoms with Crippen LogP contribution in [0.2, 0.25) is 0 Å². The molecular weight excluding hydrogens is 444 g/mol. The van der Waals surface area contributed by atoms with Gasteiger partial charge in [0.1, 0.15) is 12.6 Å². The first-order valence-electron chi connectivity index (χ1n) is 12.6. The maximum Gasteiger partial charge on any atom is 0.407 e. The van der Waals surface area contributed by atoms with Gasteiger partial charge in [-0.1, -0.05) is 55.0 Å². The lowest BCUT2D eigenvalue weighted by Crippen LogP contribution is -2.53. The van der Waals surface area contributed by atoms with Crippen LogP contribution in [0.4, 0.5) is 4.79 Å². The molecule has 3 N–H and O–H groups in total. The molecule has 0 aromatic heterocycles. The molecule has 0 spiro atoms. The fourth-order valence-corrected chi connectivity index (χ4v) is 5.75. The number of ether oxygens (including phenoxy) is 1. The van der Waals surface area contributed by atoms with Crippen LogP contribution in [0.1, 0.15) is 55.6 Å². The third-order valence-corrected chi connectivity index (χ3v) is 7.88. The molecule has 0 aliphatic heterocycles. The number of alkyl carbamates (subject to hydrolysis) is 1. The van der Waals surface area contributed by atoms with Crippen LogP contribution >= 0.6 is 0 Å². The normalized spacial score (nSPS) is 21.6. The number of carbonyl (C=O) groups is 3. The number of carboxylic acid groups (broad SMARTS) is 1. The van der Waals surface area contributed by atoms with Crippen LogP contribution in [0.25, 0.3) is 11.1 Å². The van der Waals surface area contributed by atoms with Crippen LogP contribution < -0.4 is 10.6 Å². The summed E-state index contributed by atoms with van der Waals surface area (Å²) < 4.78 is 5.66. The van der Waals surface area contributed by atoms with Gasteiger partial charge in [-0.15, -0.1) is 0 Å². The molecule has 0 saturated heterocycles. The lowest BCUT2D eigenvalue weighted by Gasteiger charge is -2.36. The Bertz CT molecular complexity index is 1060. The van der Waals surface area contributed by atoms with Gasteiger partial charge in [0, 0.05) is 18.9 Å². The highest BCUT2D eigenvalue weighted by Gasteiger charge is 2.36. The zero-order valence-electron chi connectivity index (χ0n) is 19.7. The van der Waals surface area contributed by atoms with Crippen molar-refractivity contribution in [1.29, 1.82) is 0 Å². The second-order valence-electron chi connectivity index (χ2n) is 10.2. The number of hydrogen-bond donors (Lipinski definition) is 3. The van der Waals surface area contributed by atoms with E-state index >= 15 is 0 Å². The molecule has 35 heavy (non-hydrogen) atoms. The lowest BCUT2D eigenvalue weighted by atomic mass is 9.73. The van der Waals surface area contributed by atoms with Crippen LogP contribution in [0, 0.1) is 17.8 Å². The summed E-state index contributed by atoms with van der Waals surface area (Å²) in [4.78, 5) is 36.5. The number of nitrogens with one attached hydrogen (secondary N) is 2. The molecule has 3 aliphatic rings. The van der Waals surface area contributed by atoms with E-state index < -0.39 is 18.1 Å². The fourth-order valence-electron chi connectivity index (χ4n) is 5.75. The summed E-state index contributed by atoms with van der Waals surface area (Å²) in [6.07, 6.45) is 4.14. The van der Waals surface area contributed by atoms with E-state index in [1.807, 2.05) is 24.3 Å². The second kappa shape index (κ2) is 10.1. The molecule has 2 saturated carbocycles. The average Bonchev–Trinajstić information content (AvgIpc) is 3.11. The van der Waals surface area contributed by atoms with Gasteiger partial charge in [-0.05, 0) is 65.7 Å². The van der Waals surface area contributed by atoms with E-state index in [9.17, 15) is 14.4 Å². The Labute approximate surface area is 205 Å². The number of rotatable bonds is 9. The molecule has 2 aromatic rings. The van der Waals surface area contributed by atoms with Crippen molar-refractivity contribution < 1.29 is 24.2 Å². The van der Waals surface area contributed by atoms with Crippen LogP contribution in [-0.4, -0.2) is 42.3 Å². The van der Waals surface area contributed by atoms with Crippen LogP contribution in [0.15, 0.2) is 48.5 Å². The number of carbonyl (C=O) groups excluding carboxylic acids is 2. The average molecular weight is 477 g/mol. The molecule has 3 aliphatic carbocycles. The van der Waals surface area contributed by atoms with E-state index in [0.717, 1.165) is 43.2 Å². The van der Waals surface area contributed by atoms with Gasteiger partial charge in [-0.25, -0.2) is 4.79 Å². The molecule has 2 fully saturated rings. The van der Waals surface area contributed by atoms with E-state index in [2.05, 4.69) is 34.9 Å². The Balaban J connectivity index is 1.15. The number of fused-ring (bicyclic) bond motifs is 3. The van der Waals surface area contributed by atoms with E-state index in [1.54, 1.807) is 0 Å². The molecule has 0 radical (unpaired) electrons. The zero-order chi connectivity index (χ0) is 24.4. The highest BCUT2D eigenvalue weighted by molar-refractivity contribution is 5.86. The number of benzene rings is 2. The Hall–Kier alpha value is -3.35. The van der Waals surface area contributed by atoms with Crippen LogP contribution in [0.5, 0.6) is 0 Å². The predicted octanol–water partition coefficient (Wildman–Crippen LogP) is 4.31. The smallest absolute Gasteiger partial charge is 0.407 e. The highest BCUT2D eigenvalue weighted by atomic mass is 16.5. The fraction of sp³-hybridized carbons (Fsp3) is 0.464. The summed E-state index contributed by atoms with van der Waals surface area (Å²) in [5.41, 5.74) is 4.64. The third kappa shape index (κ3) is 5.04. The summed E-state index contributed by atoms with van der Waals surface area (Å²) in [5, 5.41) is 14.7. The van der Waals surface area contributed by atoms with E-state index in [4.69, 9.17) is 9.84 Å². The Morgan fingerprint density at radius 3 is 2.14 bits per heavy atom. The monoisotopic (exact) mass is 476 g/mol. The van der Waals surface area contributed by atoms with Gasteiger partial charge in [0.05, 0.1) is 0 Å². The van der Waals surface area contributed by atoms with Crippen molar-refractivity contribution in [1.82, 2.24) is 10.6 Å². The molecule has 0 heterocycles. The van der Waals surface area contributed by atoms with Gasteiger partial charge in [0.25, 0.3) is 0 Å². The molecule has 7 heteroatoms. The number of hydrogen-bond acceptors (Lipinski definition) is 4. The van der Waals surface area contributed by atoms with Gasteiger partial charge < -0.3 is 20.5 Å². The summed E-state index contributed by atoms with van der Waals surface area (Å²) in [7, 11) is 0. The predicted molar refractivity (Wildman–Crippen MR) is 131 cm³/mol. The first kappa shape index (κ1) is 23.4. The molecule has 7 nitrogen and oxygen atoms in total. The standard InChI is InChI=1S/C28H32N2O5/c31-25(32)14-17-12-18(13-17)15-29-27(33)26(19-6-5-7-19)30-28(34)35-16-24-22-10-3-1-8-20(22)21-9-2-4-11-23(21)24/h1-4,8-11,17-19,24,26H,5-7,12-16H2,(H,29,33)(H,30,34)(H,31,32). The maximum atomic E-state index is 12.9. The highest BCUT2D eigenvalue weighted by Crippen LogP contribution is 2.44. The van der Waals surface area contributed by atoms with Crippen molar-refractivity contribution in [2.24, 2.45) is 17.8 Å². The summed E-state index contributed by atoms with van der Waals surface area (Å²) in [6.45, 7) is 0.733. The van der Waals surface area contributed by atoms with Gasteiger partial charge in [-0.3, -0.25) is 9.59 Å². The Kier molecular flexibility index (Phi) is 6.75. The van der Waals surface area contributed by atoms with E-state index in [-0.39, 0.29) is 36.7 Å². The lowest BCUT2D eigenvalue weighted by molar-refractivity contribution is -0.139. The number of amides is 2. The van der Waals surface area contributed by atoms with Crippen LogP contribution in [0.3, 0.4) is 0 Å². The first-order chi connectivity index (χ1) is 17.0. The van der Waals surface area contributed by atoms with Gasteiger partial charge >= 0.3 is 12.1 Å². The number of carboxylic acids is 1. The summed E-state index contributed by atoms with van der Waals surface area (Å²) in [5.74, 6) is -0.339. The molecule has 5 rings (SSSR count). The van der Waals surface area contributed by atoms with Gasteiger partial charge in [-0.2, -0.15) is 0 Å². The quantitative estimate of drug-likeness (QED) is 0.500. The zero-order valence-corrected chi connectivity index (χ0v) is 19.7. The Morgan fingerprint density at radius 1 is 0.943 bits per heavy atom. The summed E-state index contributed by atoms with van der Waals surface area (Å²) in [6, 6.07) is 15.8. The van der Waals surface area contributed by atoms with Crippen LogP contribution in [-0.2, 0) is 14.3 Å². The van der Waals surface area contributed by atoms with Crippen molar-refractivity contribution in [3.05, 3.63) is 59.7 Å². The Morgan fingerprint density at radius 2 is 1.57 bits per heavy atom. The summed E-state index contributed by atoms with van der Waals surface area (Å²) >= 11 is 0. The first-order valence-corrected chi connectivity index (χ1v) is 12.6. The van der Waals surface area contributed by atoms with Crippen molar-refractivity contribution >= 4 is 18.0 Å². The van der Waals surface area contributed by atoms with Crippen molar-refractivity contribution in [2.45, 2.75) is 50.5 Å². The minimum Gasteiger partial charge on any atom is -0.481 e. The SMILES string of the molecule is O=C(O)CC1CC(CNC(=O)C(NC(=O)OCC2c3ccccc3-c3ccccc32)C2CCC2)C1. The maximum absolute atomic E-state index is 12.9. The second-order valence-corrected chi connectivity index (χ2v) is 10.2. The van der Waals surface area contributed by atoms with E-state index in [0.29, 0.717) is 12.5 Å². The topological polar surface area (TPSA) is 105 Å². The molecule has 1 atom stereocenters. The molecular formula is C28H32N2O5. The van der Waals surface area contributed by atoms with Gasteiger partial charge in [0.15, 0.2) is 0 Å². The number of aliphatic carboxylic acids is 1. The molecule has 0 bridgehead atoms. The van der Waals surface area contributed by atoms with Crippen molar-refractivity contribution in [2.75, 3.05) is 13.2 Å². The van der Waals surface area contributed by atoms with Crippen molar-refractivity contribution in [3.63, 3.8) is 0 Å². The van der Waals surface area contributed by atoms with Crippen molar-refractivity contribution in [3.8, 4) is 11.1 Å². The molecule has 1 unspecified atom stereocenters. The third-order valence-electron chi connectivity index (χ3n) is 7.88. The minimum atomic E-state index is -0.769. The molecule has 2 amide bonds. The van der Waals surface area contributed by atoms with E-state index in [1.165, 1.54) is 11.1 Å². The molecule has 184 valence electrons. The minimum absolute atomic E-state index is 0.0264. The van der Waals surface area contributed by atoms with Gasteiger partial charge in [0.2, 0.25) is 5.91 Å².